The first-order chi connectivity index (χ1) is 23.4. The maximum Gasteiger partial charge on any atom is 0.303 e. The molecule has 1 fully saturated rings. The molecule has 0 radical (unpaired) electrons. The van der Waals surface area contributed by atoms with Gasteiger partial charge in [-0.15, -0.1) is 11.8 Å². The predicted molar refractivity (Wildman–Crippen MR) is 187 cm³/mol. The molecule has 1 aliphatic rings. The van der Waals surface area contributed by atoms with Crippen LogP contribution >= 0.6 is 11.8 Å². The van der Waals surface area contributed by atoms with E-state index in [9.17, 15) is 14.7 Å². The SMILES string of the molecule is COc1ccccc1SC[C@@H]1C[C@H](c2ccc(CO)cc2)O[C@H](c2ccc(-c3ccccc3CNC(=O)CCCCCC(=O)O)cc2)O1. The van der Waals surface area contributed by atoms with Gasteiger partial charge in [-0.25, -0.2) is 0 Å². The lowest BCUT2D eigenvalue weighted by atomic mass is 9.97. The molecule has 0 aromatic heterocycles. The zero-order valence-electron chi connectivity index (χ0n) is 27.2. The Hall–Kier alpha value is -4.15. The van der Waals surface area contributed by atoms with E-state index in [2.05, 4.69) is 23.5 Å². The molecule has 3 atom stereocenters. The third-order valence-electron chi connectivity index (χ3n) is 8.39. The number of carbonyl (C=O) groups excluding carboxylic acids is 1. The Morgan fingerprint density at radius 2 is 1.56 bits per heavy atom. The number of benzene rings is 4. The smallest absolute Gasteiger partial charge is 0.303 e. The normalized spacial score (nSPS) is 17.5. The van der Waals surface area contributed by atoms with Gasteiger partial charge >= 0.3 is 5.97 Å². The third-order valence-corrected chi connectivity index (χ3v) is 9.58. The summed E-state index contributed by atoms with van der Waals surface area (Å²) in [5, 5.41) is 21.3. The number of hydrogen-bond acceptors (Lipinski definition) is 7. The Bertz CT molecular complexity index is 1630. The van der Waals surface area contributed by atoms with Crippen molar-refractivity contribution in [1.82, 2.24) is 5.32 Å². The highest BCUT2D eigenvalue weighted by Gasteiger charge is 2.32. The van der Waals surface area contributed by atoms with Crippen molar-refractivity contribution in [3.63, 3.8) is 0 Å². The van der Waals surface area contributed by atoms with Gasteiger partial charge in [0.05, 0.1) is 25.9 Å². The van der Waals surface area contributed by atoms with E-state index in [1.807, 2.05) is 78.9 Å². The first-order valence-corrected chi connectivity index (χ1v) is 17.3. The van der Waals surface area contributed by atoms with Gasteiger partial charge in [0.1, 0.15) is 5.75 Å². The number of para-hydroxylation sites is 1. The van der Waals surface area contributed by atoms with Crippen LogP contribution in [0.2, 0.25) is 0 Å². The van der Waals surface area contributed by atoms with Crippen LogP contribution in [0.4, 0.5) is 0 Å². The van der Waals surface area contributed by atoms with Gasteiger partial charge in [-0.05, 0) is 52.8 Å². The molecule has 252 valence electrons. The number of aliphatic hydroxyl groups is 1. The van der Waals surface area contributed by atoms with Crippen molar-refractivity contribution < 1.29 is 34.0 Å². The molecule has 4 aromatic carbocycles. The standard InChI is InChI=1S/C39H43NO7S/c1-45-34-11-7-8-12-36(34)48-26-32-23-35(29-17-15-27(25-41)16-18-29)47-39(46-32)30-21-19-28(20-22-30)33-10-6-5-9-31(33)24-40-37(42)13-3-2-4-14-38(43)44/h5-12,15-22,32,35,39,41H,2-4,13-14,23-26H2,1H3,(H,40,42)(H,43,44)/t32-,35+,39+/m0/s1. The number of carboxylic acids is 1. The molecule has 0 spiro atoms. The van der Waals surface area contributed by atoms with E-state index in [0.717, 1.165) is 56.2 Å². The highest BCUT2D eigenvalue weighted by molar-refractivity contribution is 7.99. The number of ether oxygens (including phenoxy) is 3. The molecule has 1 aliphatic heterocycles. The zero-order valence-corrected chi connectivity index (χ0v) is 28.0. The molecular formula is C39H43NO7S. The minimum absolute atomic E-state index is 0.00621. The van der Waals surface area contributed by atoms with Crippen molar-refractivity contribution in [2.45, 2.75) is 75.1 Å². The zero-order chi connectivity index (χ0) is 33.7. The molecular weight excluding hydrogens is 626 g/mol. The summed E-state index contributed by atoms with van der Waals surface area (Å²) in [5.41, 5.74) is 5.87. The van der Waals surface area contributed by atoms with Crippen LogP contribution in [0.15, 0.2) is 102 Å². The number of methoxy groups -OCH3 is 1. The maximum atomic E-state index is 12.5. The Morgan fingerprint density at radius 3 is 2.31 bits per heavy atom. The van der Waals surface area contributed by atoms with Crippen LogP contribution in [-0.2, 0) is 32.2 Å². The van der Waals surface area contributed by atoms with Gasteiger partial charge < -0.3 is 29.7 Å². The molecule has 0 saturated carbocycles. The van der Waals surface area contributed by atoms with Crippen molar-refractivity contribution in [2.24, 2.45) is 0 Å². The quantitative estimate of drug-likeness (QED) is 0.0817. The maximum absolute atomic E-state index is 12.5. The van der Waals surface area contributed by atoms with Gasteiger partial charge in [-0.2, -0.15) is 0 Å². The van der Waals surface area contributed by atoms with E-state index < -0.39 is 12.3 Å². The summed E-state index contributed by atoms with van der Waals surface area (Å²) in [5.74, 6) is 0.720. The van der Waals surface area contributed by atoms with Gasteiger partial charge in [0.15, 0.2) is 6.29 Å². The number of carbonyl (C=O) groups is 2. The second-order valence-electron chi connectivity index (χ2n) is 11.8. The fraction of sp³-hybridized carbons (Fsp3) is 0.333. The Balaban J connectivity index is 1.26. The van der Waals surface area contributed by atoms with E-state index >= 15 is 0 Å². The predicted octanol–water partition coefficient (Wildman–Crippen LogP) is 7.84. The molecule has 5 rings (SSSR count). The van der Waals surface area contributed by atoms with Crippen molar-refractivity contribution in [3.8, 4) is 16.9 Å². The lowest BCUT2D eigenvalue weighted by Gasteiger charge is -2.36. The van der Waals surface area contributed by atoms with Gasteiger partial charge in [-0.1, -0.05) is 91.3 Å². The van der Waals surface area contributed by atoms with Crippen LogP contribution in [0.25, 0.3) is 11.1 Å². The van der Waals surface area contributed by atoms with Crippen molar-refractivity contribution >= 4 is 23.6 Å². The number of nitrogens with one attached hydrogen (secondary N) is 1. The molecule has 1 saturated heterocycles. The van der Waals surface area contributed by atoms with E-state index in [1.165, 1.54) is 0 Å². The van der Waals surface area contributed by atoms with E-state index in [0.29, 0.717) is 32.2 Å². The number of aliphatic hydroxyl groups excluding tert-OH is 1. The van der Waals surface area contributed by atoms with Gasteiger partial charge in [0.25, 0.3) is 0 Å². The van der Waals surface area contributed by atoms with Crippen molar-refractivity contribution in [2.75, 3.05) is 12.9 Å². The second-order valence-corrected chi connectivity index (χ2v) is 12.9. The molecule has 0 unspecified atom stereocenters. The topological polar surface area (TPSA) is 114 Å². The fourth-order valence-electron chi connectivity index (χ4n) is 5.74. The van der Waals surface area contributed by atoms with Gasteiger partial charge in [-0.3, -0.25) is 9.59 Å². The minimum Gasteiger partial charge on any atom is -0.496 e. The highest BCUT2D eigenvalue weighted by atomic mass is 32.2. The van der Waals surface area contributed by atoms with Crippen molar-refractivity contribution in [1.29, 1.82) is 0 Å². The molecule has 3 N–H and O–H groups in total. The van der Waals surface area contributed by atoms with Crippen LogP contribution < -0.4 is 10.1 Å². The van der Waals surface area contributed by atoms with Crippen LogP contribution in [0.1, 0.15) is 73.2 Å². The van der Waals surface area contributed by atoms with E-state index in [1.54, 1.807) is 18.9 Å². The largest absolute Gasteiger partial charge is 0.496 e. The number of aliphatic carboxylic acids is 1. The first-order valence-electron chi connectivity index (χ1n) is 16.4. The number of hydrogen-bond donors (Lipinski definition) is 3. The number of amides is 1. The monoisotopic (exact) mass is 669 g/mol. The molecule has 48 heavy (non-hydrogen) atoms. The lowest BCUT2D eigenvalue weighted by molar-refractivity contribution is -0.245. The Morgan fingerprint density at radius 1 is 0.854 bits per heavy atom. The Labute approximate surface area is 286 Å². The van der Waals surface area contributed by atoms with Crippen LogP contribution in [0, 0.1) is 0 Å². The van der Waals surface area contributed by atoms with Crippen molar-refractivity contribution in [3.05, 3.63) is 119 Å². The molecule has 4 aromatic rings. The minimum atomic E-state index is -0.805. The summed E-state index contributed by atoms with van der Waals surface area (Å²) in [6.45, 7) is 0.400. The highest BCUT2D eigenvalue weighted by Crippen LogP contribution is 2.41. The van der Waals surface area contributed by atoms with Crippen LogP contribution in [-0.4, -0.2) is 41.1 Å². The summed E-state index contributed by atoms with van der Waals surface area (Å²) < 4.78 is 18.7. The van der Waals surface area contributed by atoms with Crippen LogP contribution in [0.3, 0.4) is 0 Å². The van der Waals surface area contributed by atoms with Crippen LogP contribution in [0.5, 0.6) is 5.75 Å². The average Bonchev–Trinajstić information content (AvgIpc) is 3.13. The van der Waals surface area contributed by atoms with E-state index in [-0.39, 0.29) is 31.1 Å². The molecule has 0 bridgehead atoms. The van der Waals surface area contributed by atoms with Gasteiger partial charge in [0, 0.05) is 42.0 Å². The molecule has 8 nitrogen and oxygen atoms in total. The molecule has 1 heterocycles. The first kappa shape index (κ1) is 35.2. The lowest BCUT2D eigenvalue weighted by Crippen LogP contribution is -2.31. The third kappa shape index (κ3) is 9.93. The summed E-state index contributed by atoms with van der Waals surface area (Å²) in [7, 11) is 1.68. The summed E-state index contributed by atoms with van der Waals surface area (Å²) >= 11 is 1.70. The summed E-state index contributed by atoms with van der Waals surface area (Å²) in [4.78, 5) is 24.2. The molecule has 0 aliphatic carbocycles. The van der Waals surface area contributed by atoms with E-state index in [4.69, 9.17) is 19.3 Å². The second kappa shape index (κ2) is 17.8. The Kier molecular flexibility index (Phi) is 13.1. The fourth-order valence-corrected chi connectivity index (χ4v) is 6.79. The molecule has 9 heteroatoms. The number of rotatable bonds is 16. The number of thioether (sulfide) groups is 1. The average molecular weight is 670 g/mol. The van der Waals surface area contributed by atoms with Gasteiger partial charge in [0.2, 0.25) is 5.91 Å². The number of carboxylic acid groups (broad SMARTS) is 1. The summed E-state index contributed by atoms with van der Waals surface area (Å²) in [6, 6.07) is 32.1. The summed E-state index contributed by atoms with van der Waals surface area (Å²) in [6.07, 6.45) is 2.35. The molecule has 1 amide bonds. The number of unbranched alkanes of at least 4 members (excludes halogenated alkanes) is 2.